The molecule has 0 unspecified atom stereocenters. The first-order valence-electron chi connectivity index (χ1n) is 6.79. The Balaban J connectivity index is 1.99. The van der Waals surface area contributed by atoms with Crippen molar-refractivity contribution in [3.05, 3.63) is 39.5 Å². The Bertz CT molecular complexity index is 711. The molecule has 1 N–H and O–H groups in total. The van der Waals surface area contributed by atoms with Gasteiger partial charge in [-0.05, 0) is 38.5 Å². The largest absolute Gasteiger partial charge is 0.332 e. The lowest BCUT2D eigenvalue weighted by Gasteiger charge is -2.16. The van der Waals surface area contributed by atoms with Crippen LogP contribution < -0.4 is 5.32 Å². The van der Waals surface area contributed by atoms with Crippen molar-refractivity contribution >= 4 is 29.0 Å². The van der Waals surface area contributed by atoms with Crippen LogP contribution >= 0.6 is 11.3 Å². The van der Waals surface area contributed by atoms with E-state index in [0.29, 0.717) is 16.4 Å². The highest BCUT2D eigenvalue weighted by Crippen LogP contribution is 2.18. The Morgan fingerprint density at radius 2 is 2.05 bits per heavy atom. The summed E-state index contributed by atoms with van der Waals surface area (Å²) in [6.45, 7) is 5.53. The number of anilines is 1. The fourth-order valence-electron chi connectivity index (χ4n) is 1.98. The fraction of sp³-hybridized carbons (Fsp3) is 0.333. The molecule has 0 aromatic carbocycles. The molecule has 7 heteroatoms. The van der Waals surface area contributed by atoms with Crippen molar-refractivity contribution < 1.29 is 9.59 Å². The minimum atomic E-state index is -0.284. The van der Waals surface area contributed by atoms with E-state index in [2.05, 4.69) is 15.3 Å². The molecule has 2 aromatic rings. The van der Waals surface area contributed by atoms with E-state index in [0.717, 1.165) is 10.6 Å². The minimum Gasteiger partial charge on any atom is -0.332 e. The molecule has 0 fully saturated rings. The average Bonchev–Trinajstić information content (AvgIpc) is 2.76. The number of likely N-dealkylation sites (N-methyl/N-ethyl adjacent to an activating group) is 1. The minimum absolute atomic E-state index is 0.0369. The van der Waals surface area contributed by atoms with E-state index in [1.807, 2.05) is 19.9 Å². The monoisotopic (exact) mass is 318 g/mol. The molecule has 0 aliphatic heterocycles. The van der Waals surface area contributed by atoms with Gasteiger partial charge in [0, 0.05) is 13.2 Å². The van der Waals surface area contributed by atoms with E-state index in [1.54, 1.807) is 26.2 Å². The van der Waals surface area contributed by atoms with Gasteiger partial charge in [-0.1, -0.05) is 0 Å². The van der Waals surface area contributed by atoms with Gasteiger partial charge < -0.3 is 10.2 Å². The topological polar surface area (TPSA) is 75.2 Å². The molecule has 0 spiro atoms. The summed E-state index contributed by atoms with van der Waals surface area (Å²) in [5.74, 6) is -0.000967. The number of rotatable bonds is 4. The lowest BCUT2D eigenvalue weighted by Crippen LogP contribution is -2.35. The number of thiazole rings is 1. The van der Waals surface area contributed by atoms with Crippen LogP contribution in [0.4, 0.5) is 5.82 Å². The molecule has 0 bridgehead atoms. The number of aryl methyl sites for hydroxylation is 3. The first-order valence-corrected chi connectivity index (χ1v) is 7.60. The van der Waals surface area contributed by atoms with Gasteiger partial charge in [-0.2, -0.15) is 0 Å². The molecule has 0 aliphatic carbocycles. The Morgan fingerprint density at radius 3 is 2.64 bits per heavy atom. The number of hydrogen-bond acceptors (Lipinski definition) is 5. The van der Waals surface area contributed by atoms with Crippen LogP contribution in [0.3, 0.4) is 0 Å². The number of nitrogens with one attached hydrogen (secondary N) is 1. The number of carbonyl (C=O) groups excluding carboxylic acids is 2. The van der Waals surface area contributed by atoms with Crippen LogP contribution in [0.25, 0.3) is 0 Å². The third kappa shape index (κ3) is 3.88. The summed E-state index contributed by atoms with van der Waals surface area (Å²) in [4.78, 5) is 34.6. The SMILES string of the molecule is Cc1ccnc(NC(=O)CN(C)C(=O)c2sc(C)nc2C)c1. The molecule has 22 heavy (non-hydrogen) atoms. The number of amides is 2. The van der Waals surface area contributed by atoms with Gasteiger partial charge in [0.1, 0.15) is 10.7 Å². The van der Waals surface area contributed by atoms with Crippen LogP contribution in [0.2, 0.25) is 0 Å². The number of nitrogens with zero attached hydrogens (tertiary/aromatic N) is 3. The summed E-state index contributed by atoms with van der Waals surface area (Å²) in [6, 6.07) is 3.62. The van der Waals surface area contributed by atoms with E-state index < -0.39 is 0 Å². The van der Waals surface area contributed by atoms with Crippen LogP contribution in [-0.2, 0) is 4.79 Å². The molecule has 0 saturated heterocycles. The van der Waals surface area contributed by atoms with Crippen LogP contribution in [0.15, 0.2) is 18.3 Å². The van der Waals surface area contributed by atoms with Gasteiger partial charge in [0.25, 0.3) is 5.91 Å². The van der Waals surface area contributed by atoms with Crippen LogP contribution in [0, 0.1) is 20.8 Å². The van der Waals surface area contributed by atoms with Gasteiger partial charge >= 0.3 is 0 Å². The maximum absolute atomic E-state index is 12.3. The van der Waals surface area contributed by atoms with Crippen molar-refractivity contribution in [2.45, 2.75) is 20.8 Å². The van der Waals surface area contributed by atoms with Crippen molar-refractivity contribution in [3.63, 3.8) is 0 Å². The Morgan fingerprint density at radius 1 is 1.32 bits per heavy atom. The molecule has 6 nitrogen and oxygen atoms in total. The number of aromatic nitrogens is 2. The first-order chi connectivity index (χ1) is 10.4. The molecule has 0 radical (unpaired) electrons. The summed E-state index contributed by atoms with van der Waals surface area (Å²) in [5, 5.41) is 3.52. The zero-order valence-corrected chi connectivity index (χ0v) is 13.8. The summed E-state index contributed by atoms with van der Waals surface area (Å²) < 4.78 is 0. The lowest BCUT2D eigenvalue weighted by atomic mass is 10.3. The first kappa shape index (κ1) is 16.1. The van der Waals surface area contributed by atoms with Gasteiger partial charge in [-0.25, -0.2) is 9.97 Å². The van der Waals surface area contributed by atoms with E-state index in [4.69, 9.17) is 0 Å². The zero-order chi connectivity index (χ0) is 16.3. The van der Waals surface area contributed by atoms with Crippen molar-refractivity contribution in [3.8, 4) is 0 Å². The molecule has 2 rings (SSSR count). The number of hydrogen-bond donors (Lipinski definition) is 1. The molecule has 116 valence electrons. The average molecular weight is 318 g/mol. The van der Waals surface area contributed by atoms with Gasteiger partial charge in [0.05, 0.1) is 17.2 Å². The van der Waals surface area contributed by atoms with Gasteiger partial charge in [0.2, 0.25) is 5.91 Å². The molecule has 2 amide bonds. The smallest absolute Gasteiger partial charge is 0.266 e. The Labute approximate surface area is 133 Å². The quantitative estimate of drug-likeness (QED) is 0.937. The summed E-state index contributed by atoms with van der Waals surface area (Å²) in [6.07, 6.45) is 1.63. The van der Waals surface area contributed by atoms with Gasteiger partial charge in [0.15, 0.2) is 0 Å². The highest BCUT2D eigenvalue weighted by molar-refractivity contribution is 7.13. The molecule has 2 aromatic heterocycles. The Kier molecular flexibility index (Phi) is 4.87. The maximum Gasteiger partial charge on any atom is 0.266 e. The zero-order valence-electron chi connectivity index (χ0n) is 13.0. The molecule has 2 heterocycles. The molecular formula is C15H18N4O2S. The number of carbonyl (C=O) groups is 2. The van der Waals surface area contributed by atoms with Crippen molar-refractivity contribution in [1.82, 2.24) is 14.9 Å². The third-order valence-electron chi connectivity index (χ3n) is 3.01. The van der Waals surface area contributed by atoms with Gasteiger partial charge in [-0.3, -0.25) is 9.59 Å². The molecule has 0 atom stereocenters. The molecule has 0 saturated carbocycles. The van der Waals surface area contributed by atoms with E-state index in [1.165, 1.54) is 16.2 Å². The van der Waals surface area contributed by atoms with Crippen molar-refractivity contribution in [2.24, 2.45) is 0 Å². The van der Waals surface area contributed by atoms with Crippen LogP contribution in [-0.4, -0.2) is 40.3 Å². The second-order valence-corrected chi connectivity index (χ2v) is 6.28. The van der Waals surface area contributed by atoms with Crippen molar-refractivity contribution in [1.29, 1.82) is 0 Å². The predicted molar refractivity (Wildman–Crippen MR) is 86.2 cm³/mol. The normalized spacial score (nSPS) is 10.4. The van der Waals surface area contributed by atoms with E-state index >= 15 is 0 Å². The summed E-state index contributed by atoms with van der Waals surface area (Å²) >= 11 is 1.34. The van der Waals surface area contributed by atoms with Crippen LogP contribution in [0.1, 0.15) is 25.9 Å². The molecular weight excluding hydrogens is 300 g/mol. The van der Waals surface area contributed by atoms with E-state index in [-0.39, 0.29) is 18.4 Å². The highest BCUT2D eigenvalue weighted by atomic mass is 32.1. The second-order valence-electron chi connectivity index (χ2n) is 5.08. The van der Waals surface area contributed by atoms with Crippen LogP contribution in [0.5, 0.6) is 0 Å². The summed E-state index contributed by atoms with van der Waals surface area (Å²) in [7, 11) is 1.60. The van der Waals surface area contributed by atoms with Crippen molar-refractivity contribution in [2.75, 3.05) is 18.9 Å². The summed E-state index contributed by atoms with van der Waals surface area (Å²) in [5.41, 5.74) is 1.70. The molecule has 0 aliphatic rings. The highest BCUT2D eigenvalue weighted by Gasteiger charge is 2.20. The lowest BCUT2D eigenvalue weighted by molar-refractivity contribution is -0.116. The fourth-order valence-corrected chi connectivity index (χ4v) is 2.89. The predicted octanol–water partition coefficient (Wildman–Crippen LogP) is 2.17. The second kappa shape index (κ2) is 6.65. The number of pyridine rings is 1. The van der Waals surface area contributed by atoms with E-state index in [9.17, 15) is 9.59 Å². The van der Waals surface area contributed by atoms with Gasteiger partial charge in [-0.15, -0.1) is 11.3 Å². The third-order valence-corrected chi connectivity index (χ3v) is 4.07. The standard InChI is InChI=1S/C15H18N4O2S/c1-9-5-6-16-12(7-9)18-13(20)8-19(4)15(21)14-10(2)17-11(3)22-14/h5-7H,8H2,1-4H3,(H,16,18,20). The maximum atomic E-state index is 12.3. The Hall–Kier alpha value is -2.28.